The quantitative estimate of drug-likeness (QED) is 0.182. The van der Waals surface area contributed by atoms with Gasteiger partial charge in [-0.15, -0.1) is 0 Å². The molecule has 0 heterocycles. The topological polar surface area (TPSA) is 148 Å². The van der Waals surface area contributed by atoms with Crippen molar-refractivity contribution in [3.8, 4) is 0 Å². The lowest BCUT2D eigenvalue weighted by atomic mass is 10.0. The second kappa shape index (κ2) is 10.4. The summed E-state index contributed by atoms with van der Waals surface area (Å²) in [6.45, 7) is 1.66. The van der Waals surface area contributed by atoms with Gasteiger partial charge in [-0.2, -0.15) is 0 Å². The van der Waals surface area contributed by atoms with Crippen molar-refractivity contribution in [2.24, 2.45) is 0 Å². The normalized spacial score (nSPS) is 11.5. The average Bonchev–Trinajstić information content (AvgIpc) is 2.55. The predicted molar refractivity (Wildman–Crippen MR) is 92.9 cm³/mol. The van der Waals surface area contributed by atoms with Crippen LogP contribution < -0.4 is 5.32 Å². The van der Waals surface area contributed by atoms with Gasteiger partial charge < -0.3 is 25.0 Å². The number of nitrogens with one attached hydrogen (secondary N) is 1. The molecule has 0 fully saturated rings. The van der Waals surface area contributed by atoms with Gasteiger partial charge >= 0.3 is 6.16 Å². The van der Waals surface area contributed by atoms with Gasteiger partial charge in [0.05, 0.1) is 17.1 Å². The Kier molecular flexibility index (Phi) is 8.63. The number of carbonyl (C=O) groups excluding carboxylic acids is 1. The molecule has 0 radical (unpaired) electrons. The lowest BCUT2D eigenvalue weighted by molar-refractivity contribution is -0.386. The fraction of sp³-hybridized carbons (Fsp3) is 0.400. The number of hydrogen-bond acceptors (Lipinski definition) is 6. The van der Waals surface area contributed by atoms with Gasteiger partial charge in [0.25, 0.3) is 5.69 Å². The van der Waals surface area contributed by atoms with Crippen molar-refractivity contribution in [3.63, 3.8) is 0 Å². The molecule has 0 aliphatic heterocycles. The van der Waals surface area contributed by atoms with E-state index in [4.69, 9.17) is 14.9 Å². The van der Waals surface area contributed by atoms with Crippen LogP contribution in [0.1, 0.15) is 37.0 Å². The maximum atomic E-state index is 11.7. The fourth-order valence-electron chi connectivity index (χ4n) is 2.11. The molecule has 26 heavy (non-hydrogen) atoms. The van der Waals surface area contributed by atoms with Crippen molar-refractivity contribution >= 4 is 32.3 Å². The van der Waals surface area contributed by atoms with Crippen molar-refractivity contribution in [1.82, 2.24) is 5.32 Å². The molecule has 0 aromatic heterocycles. The molecule has 1 rings (SSSR count). The average molecular weight is 386 g/mol. The van der Waals surface area contributed by atoms with E-state index >= 15 is 0 Å². The number of nitrogens with zero attached hydrogens (tertiary/aromatic N) is 1. The molecule has 0 saturated heterocycles. The predicted octanol–water partition coefficient (Wildman–Crippen LogP) is 2.37. The molecule has 1 aromatic carbocycles. The Balaban J connectivity index is 2.69. The zero-order chi connectivity index (χ0) is 19.7. The fourth-order valence-corrected chi connectivity index (χ4v) is 2.21. The van der Waals surface area contributed by atoms with E-state index in [-0.39, 0.29) is 42.4 Å². The molecular formula is C15H19N2O8P. The summed E-state index contributed by atoms with van der Waals surface area (Å²) in [6, 6.07) is 4.13. The Hall–Kier alpha value is -2.55. The molecular weight excluding hydrogens is 367 g/mol. The van der Waals surface area contributed by atoms with Crippen LogP contribution in [-0.2, 0) is 20.8 Å². The van der Waals surface area contributed by atoms with Crippen LogP contribution in [0, 0.1) is 10.1 Å². The number of benzene rings is 1. The minimum atomic E-state index is -1.54. The third-order valence-corrected chi connectivity index (χ3v) is 3.43. The molecule has 0 aliphatic carbocycles. The monoisotopic (exact) mass is 386 g/mol. The largest absolute Gasteiger partial charge is 0.506 e. The number of aliphatic hydroxyl groups excluding tert-OH is 1. The van der Waals surface area contributed by atoms with Crippen LogP contribution in [0.5, 0.6) is 0 Å². The van der Waals surface area contributed by atoms with Gasteiger partial charge in [0.2, 0.25) is 5.91 Å². The lowest BCUT2D eigenvalue weighted by Crippen LogP contribution is -2.23. The minimum Gasteiger partial charge on any atom is -0.450 e. The molecule has 1 amide bonds. The second-order valence-electron chi connectivity index (χ2n) is 5.21. The molecule has 1 unspecified atom stereocenters. The highest BCUT2D eigenvalue weighted by atomic mass is 31.0. The van der Waals surface area contributed by atoms with Gasteiger partial charge in [-0.1, -0.05) is 14.9 Å². The first-order valence-electron chi connectivity index (χ1n) is 7.54. The molecule has 142 valence electrons. The zero-order valence-electron chi connectivity index (χ0n) is 13.9. The Bertz CT molecular complexity index is 694. The number of ether oxygens (including phenoxy) is 2. The van der Waals surface area contributed by atoms with Crippen LogP contribution in [-0.4, -0.2) is 39.5 Å². The van der Waals surface area contributed by atoms with Crippen molar-refractivity contribution in [2.75, 3.05) is 6.61 Å². The first-order chi connectivity index (χ1) is 12.2. The molecule has 10 nitrogen and oxygen atoms in total. The first-order valence-corrected chi connectivity index (χ1v) is 8.04. The molecule has 3 N–H and O–H groups in total. The molecule has 0 spiro atoms. The van der Waals surface area contributed by atoms with E-state index in [0.29, 0.717) is 12.0 Å². The number of aliphatic hydroxyl groups is 1. The van der Waals surface area contributed by atoms with Gasteiger partial charge in [0.15, 0.2) is 5.67 Å². The third-order valence-electron chi connectivity index (χ3n) is 3.28. The van der Waals surface area contributed by atoms with Crippen molar-refractivity contribution in [3.05, 3.63) is 39.4 Å². The Morgan fingerprint density at radius 3 is 2.65 bits per heavy atom. The maximum absolute atomic E-state index is 11.7. The second-order valence-corrected chi connectivity index (χ2v) is 5.64. The highest BCUT2D eigenvalue weighted by Crippen LogP contribution is 2.28. The van der Waals surface area contributed by atoms with E-state index in [2.05, 4.69) is 18.9 Å². The van der Waals surface area contributed by atoms with E-state index in [9.17, 15) is 19.7 Å². The summed E-state index contributed by atoms with van der Waals surface area (Å²) >= 11 is 0. The van der Waals surface area contributed by atoms with E-state index in [1.807, 2.05) is 0 Å². The highest BCUT2D eigenvalue weighted by molar-refractivity contribution is 7.19. The first kappa shape index (κ1) is 21.5. The van der Waals surface area contributed by atoms with Gasteiger partial charge in [0.1, 0.15) is 6.10 Å². The molecule has 1 aromatic rings. The van der Waals surface area contributed by atoms with E-state index in [1.165, 1.54) is 25.1 Å². The van der Waals surface area contributed by atoms with Gasteiger partial charge in [-0.05, 0) is 25.0 Å². The number of carboxylic acid groups (broad SMARTS) is 1. The van der Waals surface area contributed by atoms with Crippen LogP contribution in [0.2, 0.25) is 0 Å². The van der Waals surface area contributed by atoms with Crippen LogP contribution in [0.4, 0.5) is 10.5 Å². The van der Waals surface area contributed by atoms with Crippen LogP contribution in [0.3, 0.4) is 0 Å². The lowest BCUT2D eigenvalue weighted by Gasteiger charge is -2.13. The Labute approximate surface area is 151 Å². The smallest absolute Gasteiger partial charge is 0.450 e. The Morgan fingerprint density at radius 1 is 1.38 bits per heavy atom. The summed E-state index contributed by atoms with van der Waals surface area (Å²) in [6.07, 6.45) is -2.03. The summed E-state index contributed by atoms with van der Waals surface area (Å²) < 4.78 is 9.32. The summed E-state index contributed by atoms with van der Waals surface area (Å²) in [7, 11) is 2.76. The van der Waals surface area contributed by atoms with Crippen LogP contribution >= 0.6 is 8.86 Å². The molecule has 0 aliphatic rings. The third kappa shape index (κ3) is 7.56. The van der Waals surface area contributed by atoms with Gasteiger partial charge in [-0.25, -0.2) is 4.79 Å². The summed E-state index contributed by atoms with van der Waals surface area (Å²) in [4.78, 5) is 32.8. The number of nitro groups is 1. The van der Waals surface area contributed by atoms with Crippen molar-refractivity contribution < 1.29 is 34.2 Å². The highest BCUT2D eigenvalue weighted by Gasteiger charge is 2.22. The van der Waals surface area contributed by atoms with Crippen LogP contribution in [0.15, 0.2) is 18.2 Å². The van der Waals surface area contributed by atoms with Gasteiger partial charge in [0, 0.05) is 19.0 Å². The summed E-state index contributed by atoms with van der Waals surface area (Å²) in [5, 5.41) is 31.2. The SMILES string of the molecule is CC(OC(=O)O)c1cc(CNC(=O)CCCOC(O)=P)ccc1[N+](=O)[O-]. The number of amides is 1. The maximum Gasteiger partial charge on any atom is 0.506 e. The number of nitro benzene ring substituents is 1. The number of rotatable bonds is 10. The van der Waals surface area contributed by atoms with Crippen molar-refractivity contribution in [2.45, 2.75) is 32.4 Å². The summed E-state index contributed by atoms with van der Waals surface area (Å²) in [5.74, 6) is -0.267. The molecule has 11 heteroatoms. The van der Waals surface area contributed by atoms with E-state index in [1.54, 1.807) is 0 Å². The van der Waals surface area contributed by atoms with Gasteiger partial charge in [-0.3, -0.25) is 14.9 Å². The standard InChI is InChI=1S/C15H19N2O8P/c1-9(25-14(19)20)11-7-10(4-5-12(11)17(22)23)8-16-13(18)3-2-6-24-15(21)26/h4-5,7,9,21,26H,2-3,6,8H2,1H3,(H,16,18)(H,19,20). The Morgan fingerprint density at radius 2 is 2.08 bits per heavy atom. The van der Waals surface area contributed by atoms with E-state index < -0.39 is 17.2 Å². The molecule has 1 atom stereocenters. The summed E-state index contributed by atoms with van der Waals surface area (Å²) in [5.41, 5.74) is 0.0287. The number of hydrogen-bond donors (Lipinski definition) is 3. The van der Waals surface area contributed by atoms with Crippen LogP contribution in [0.25, 0.3) is 0 Å². The van der Waals surface area contributed by atoms with Crippen molar-refractivity contribution in [1.29, 1.82) is 0 Å². The van der Waals surface area contributed by atoms with E-state index in [0.717, 1.165) is 0 Å². The minimum absolute atomic E-state index is 0.0978. The molecule has 0 bridgehead atoms. The number of carbonyl (C=O) groups is 2. The molecule has 0 saturated carbocycles. The zero-order valence-corrected chi connectivity index (χ0v) is 14.9.